The Morgan fingerprint density at radius 1 is 0.967 bits per heavy atom. The largest absolute Gasteiger partial charge is 0.293 e. The molecule has 3 aromatic carbocycles. The topological polar surface area (TPSA) is 63.2 Å². The number of aryl methyl sites for hydroxylation is 1. The van der Waals surface area contributed by atoms with Gasteiger partial charge in [-0.2, -0.15) is 0 Å². The van der Waals surface area contributed by atoms with Crippen LogP contribution in [0.1, 0.15) is 41.3 Å². The molecule has 156 valence electrons. The van der Waals surface area contributed by atoms with E-state index in [1.807, 2.05) is 24.3 Å². The van der Waals surface area contributed by atoms with E-state index in [0.29, 0.717) is 17.0 Å². The first kappa shape index (κ1) is 21.9. The SMILES string of the molecule is Cc1cc(-c2ccc(C(C)C)cc2)cc(C(=O)CNS(=O)(=O)c2ccccc2)c1F. The monoisotopic (exact) mass is 425 g/mol. The molecule has 0 aliphatic rings. The Labute approximate surface area is 176 Å². The van der Waals surface area contributed by atoms with Crippen molar-refractivity contribution in [2.75, 3.05) is 6.54 Å². The molecule has 0 aliphatic carbocycles. The summed E-state index contributed by atoms with van der Waals surface area (Å²) in [7, 11) is -3.85. The summed E-state index contributed by atoms with van der Waals surface area (Å²) in [6.07, 6.45) is 0. The smallest absolute Gasteiger partial charge is 0.240 e. The maximum Gasteiger partial charge on any atom is 0.240 e. The number of nitrogens with one attached hydrogen (secondary N) is 1. The summed E-state index contributed by atoms with van der Waals surface area (Å²) in [6.45, 7) is 5.27. The molecular weight excluding hydrogens is 401 g/mol. The summed E-state index contributed by atoms with van der Waals surface area (Å²) < 4.78 is 41.6. The molecule has 3 rings (SSSR count). The maximum atomic E-state index is 14.7. The predicted octanol–water partition coefficient (Wildman–Crippen LogP) is 5.09. The molecule has 30 heavy (non-hydrogen) atoms. The molecule has 0 heterocycles. The lowest BCUT2D eigenvalue weighted by atomic mass is 9.95. The van der Waals surface area contributed by atoms with Crippen molar-refractivity contribution in [3.8, 4) is 11.1 Å². The fraction of sp³-hybridized carbons (Fsp3) is 0.208. The Morgan fingerprint density at radius 2 is 1.60 bits per heavy atom. The number of carbonyl (C=O) groups is 1. The van der Waals surface area contributed by atoms with Crippen molar-refractivity contribution in [3.63, 3.8) is 0 Å². The fourth-order valence-corrected chi connectivity index (χ4v) is 4.14. The van der Waals surface area contributed by atoms with Gasteiger partial charge in [0.2, 0.25) is 10.0 Å². The highest BCUT2D eigenvalue weighted by molar-refractivity contribution is 7.89. The number of hydrogen-bond acceptors (Lipinski definition) is 3. The Bertz CT molecular complexity index is 1160. The Balaban J connectivity index is 1.85. The highest BCUT2D eigenvalue weighted by Gasteiger charge is 2.20. The van der Waals surface area contributed by atoms with E-state index in [4.69, 9.17) is 0 Å². The predicted molar refractivity (Wildman–Crippen MR) is 117 cm³/mol. The van der Waals surface area contributed by atoms with Crippen LogP contribution in [0.3, 0.4) is 0 Å². The van der Waals surface area contributed by atoms with Gasteiger partial charge in [0.25, 0.3) is 0 Å². The van der Waals surface area contributed by atoms with Crippen LogP contribution in [-0.2, 0) is 10.0 Å². The van der Waals surface area contributed by atoms with Crippen LogP contribution in [-0.4, -0.2) is 20.7 Å². The van der Waals surface area contributed by atoms with E-state index in [0.717, 1.165) is 5.56 Å². The Hall–Kier alpha value is -2.83. The first-order valence-corrected chi connectivity index (χ1v) is 11.2. The number of halogens is 1. The van der Waals surface area contributed by atoms with Gasteiger partial charge in [-0.1, -0.05) is 56.3 Å². The van der Waals surface area contributed by atoms with Gasteiger partial charge in [-0.3, -0.25) is 4.79 Å². The van der Waals surface area contributed by atoms with Crippen molar-refractivity contribution < 1.29 is 17.6 Å². The fourth-order valence-electron chi connectivity index (χ4n) is 3.14. The van der Waals surface area contributed by atoms with E-state index >= 15 is 0 Å². The average Bonchev–Trinajstić information content (AvgIpc) is 2.74. The van der Waals surface area contributed by atoms with Crippen LogP contribution in [0.2, 0.25) is 0 Å². The molecular formula is C24H24FNO3S. The van der Waals surface area contributed by atoms with E-state index < -0.39 is 28.2 Å². The van der Waals surface area contributed by atoms with E-state index in [2.05, 4.69) is 18.6 Å². The molecule has 0 bridgehead atoms. The van der Waals surface area contributed by atoms with Gasteiger partial charge < -0.3 is 0 Å². The van der Waals surface area contributed by atoms with Crippen LogP contribution in [0.15, 0.2) is 71.6 Å². The third-order valence-electron chi connectivity index (χ3n) is 4.94. The number of sulfonamides is 1. The molecule has 1 N–H and O–H groups in total. The molecule has 0 spiro atoms. The summed E-state index contributed by atoms with van der Waals surface area (Å²) >= 11 is 0. The lowest BCUT2D eigenvalue weighted by molar-refractivity contribution is 0.0993. The second kappa shape index (κ2) is 8.90. The standard InChI is InChI=1S/C24H24FNO3S/c1-16(2)18-9-11-19(12-10-18)20-13-17(3)24(25)22(14-20)23(27)15-26-30(28,29)21-7-5-4-6-8-21/h4-14,16,26H,15H2,1-3H3. The molecule has 0 aromatic heterocycles. The number of Topliss-reactive ketones (excluding diaryl/α,β-unsaturated/α-hetero) is 1. The number of hydrogen-bond donors (Lipinski definition) is 1. The summed E-state index contributed by atoms with van der Waals surface area (Å²) in [5.74, 6) is -0.874. The lowest BCUT2D eigenvalue weighted by Crippen LogP contribution is -2.30. The van der Waals surface area contributed by atoms with Gasteiger partial charge in [-0.15, -0.1) is 0 Å². The third kappa shape index (κ3) is 4.83. The minimum Gasteiger partial charge on any atom is -0.293 e. The first-order valence-electron chi connectivity index (χ1n) is 9.67. The van der Waals surface area contributed by atoms with Gasteiger partial charge in [-0.25, -0.2) is 17.5 Å². The van der Waals surface area contributed by atoms with Crippen molar-refractivity contribution in [1.82, 2.24) is 4.72 Å². The maximum absolute atomic E-state index is 14.7. The number of benzene rings is 3. The van der Waals surface area contributed by atoms with Crippen molar-refractivity contribution in [2.45, 2.75) is 31.6 Å². The zero-order chi connectivity index (χ0) is 21.9. The van der Waals surface area contributed by atoms with Crippen molar-refractivity contribution in [3.05, 3.63) is 89.2 Å². The number of carbonyl (C=O) groups excluding carboxylic acids is 1. The van der Waals surface area contributed by atoms with E-state index in [9.17, 15) is 17.6 Å². The molecule has 4 nitrogen and oxygen atoms in total. The van der Waals surface area contributed by atoms with Gasteiger partial charge in [-0.05, 0) is 59.4 Å². The zero-order valence-corrected chi connectivity index (χ0v) is 18.0. The highest BCUT2D eigenvalue weighted by atomic mass is 32.2. The van der Waals surface area contributed by atoms with Crippen LogP contribution >= 0.6 is 0 Å². The van der Waals surface area contributed by atoms with Gasteiger partial charge >= 0.3 is 0 Å². The zero-order valence-electron chi connectivity index (χ0n) is 17.1. The summed E-state index contributed by atoms with van der Waals surface area (Å²) in [5, 5.41) is 0. The number of ketones is 1. The Morgan fingerprint density at radius 3 is 2.20 bits per heavy atom. The lowest BCUT2D eigenvalue weighted by Gasteiger charge is -2.12. The second-order valence-corrected chi connectivity index (χ2v) is 9.26. The molecule has 0 unspecified atom stereocenters. The second-order valence-electron chi connectivity index (χ2n) is 7.49. The van der Waals surface area contributed by atoms with Gasteiger partial charge in [0, 0.05) is 0 Å². The van der Waals surface area contributed by atoms with Crippen LogP contribution in [0.25, 0.3) is 11.1 Å². The molecule has 0 atom stereocenters. The van der Waals surface area contributed by atoms with Gasteiger partial charge in [0.05, 0.1) is 17.0 Å². The first-order chi connectivity index (χ1) is 14.2. The molecule has 0 amide bonds. The van der Waals surface area contributed by atoms with Crippen molar-refractivity contribution in [2.24, 2.45) is 0 Å². The van der Waals surface area contributed by atoms with Crippen LogP contribution in [0.5, 0.6) is 0 Å². The minimum atomic E-state index is -3.85. The normalized spacial score (nSPS) is 11.6. The summed E-state index contributed by atoms with van der Waals surface area (Å²) in [4.78, 5) is 12.7. The van der Waals surface area contributed by atoms with Crippen LogP contribution < -0.4 is 4.72 Å². The molecule has 0 fully saturated rings. The van der Waals surface area contributed by atoms with Crippen molar-refractivity contribution in [1.29, 1.82) is 0 Å². The molecule has 0 saturated carbocycles. The molecule has 0 aliphatic heterocycles. The molecule has 0 radical (unpaired) electrons. The van der Waals surface area contributed by atoms with Crippen molar-refractivity contribution >= 4 is 15.8 Å². The summed E-state index contributed by atoms with van der Waals surface area (Å²) in [5.41, 5.74) is 2.95. The van der Waals surface area contributed by atoms with E-state index in [1.54, 1.807) is 31.2 Å². The third-order valence-corrected chi connectivity index (χ3v) is 6.36. The highest BCUT2D eigenvalue weighted by Crippen LogP contribution is 2.27. The molecule has 3 aromatic rings. The van der Waals surface area contributed by atoms with E-state index in [-0.39, 0.29) is 10.5 Å². The quantitative estimate of drug-likeness (QED) is 0.537. The van der Waals surface area contributed by atoms with Crippen LogP contribution in [0.4, 0.5) is 4.39 Å². The molecule has 0 saturated heterocycles. The van der Waals surface area contributed by atoms with Gasteiger partial charge in [0.15, 0.2) is 5.78 Å². The Kier molecular flexibility index (Phi) is 6.48. The van der Waals surface area contributed by atoms with Crippen LogP contribution in [0, 0.1) is 12.7 Å². The summed E-state index contributed by atoms with van der Waals surface area (Å²) in [6, 6.07) is 18.8. The minimum absolute atomic E-state index is 0.0495. The van der Waals surface area contributed by atoms with Gasteiger partial charge in [0.1, 0.15) is 5.82 Å². The number of rotatable bonds is 7. The molecule has 6 heteroatoms. The average molecular weight is 426 g/mol. The van der Waals surface area contributed by atoms with E-state index in [1.165, 1.54) is 23.8 Å².